The molecule has 4 N–H and O–H groups in total. The van der Waals surface area contributed by atoms with Crippen LogP contribution in [-0.4, -0.2) is 30.7 Å². The highest BCUT2D eigenvalue weighted by Gasteiger charge is 2.32. The molecule has 0 saturated carbocycles. The molecule has 4 aromatic rings. The van der Waals surface area contributed by atoms with Gasteiger partial charge in [-0.15, -0.1) is 5.10 Å². The van der Waals surface area contributed by atoms with Gasteiger partial charge in [-0.3, -0.25) is 14.2 Å². The second kappa shape index (κ2) is 8.70. The van der Waals surface area contributed by atoms with Crippen molar-refractivity contribution in [2.24, 2.45) is 5.73 Å². The van der Waals surface area contributed by atoms with Crippen molar-refractivity contribution in [2.75, 3.05) is 5.73 Å². The number of rotatable bonds is 5. The van der Waals surface area contributed by atoms with E-state index in [2.05, 4.69) is 15.5 Å². The summed E-state index contributed by atoms with van der Waals surface area (Å²) in [4.78, 5) is 25.4. The van der Waals surface area contributed by atoms with Crippen molar-refractivity contribution in [3.63, 3.8) is 0 Å². The smallest absolute Gasteiger partial charge is 0.399 e. The lowest BCUT2D eigenvalue weighted by Gasteiger charge is -2.23. The van der Waals surface area contributed by atoms with Gasteiger partial charge in [-0.1, -0.05) is 13.0 Å². The average Bonchev–Trinajstić information content (AvgIpc) is 3.23. The van der Waals surface area contributed by atoms with Gasteiger partial charge in [0, 0.05) is 23.4 Å². The van der Waals surface area contributed by atoms with Crippen LogP contribution >= 0.6 is 0 Å². The van der Waals surface area contributed by atoms with E-state index in [0.717, 1.165) is 12.1 Å². The third-order valence-corrected chi connectivity index (χ3v) is 5.57. The van der Waals surface area contributed by atoms with Crippen molar-refractivity contribution in [3.8, 4) is 11.4 Å². The second-order valence-electron chi connectivity index (χ2n) is 7.94. The maximum Gasteiger partial charge on any atom is 0.416 e. The highest BCUT2D eigenvalue weighted by molar-refractivity contribution is 5.94. The van der Waals surface area contributed by atoms with Gasteiger partial charge in [0.1, 0.15) is 0 Å². The fourth-order valence-corrected chi connectivity index (χ4v) is 3.94. The number of hydrogen-bond donors (Lipinski definition) is 2. The molecule has 4 rings (SSSR count). The van der Waals surface area contributed by atoms with E-state index in [1.807, 2.05) is 0 Å². The zero-order valence-corrected chi connectivity index (χ0v) is 18.6. The zero-order valence-electron chi connectivity index (χ0n) is 18.6. The van der Waals surface area contributed by atoms with E-state index < -0.39 is 29.1 Å². The van der Waals surface area contributed by atoms with Gasteiger partial charge in [-0.2, -0.15) is 17.9 Å². The van der Waals surface area contributed by atoms with Crippen molar-refractivity contribution < 1.29 is 18.0 Å². The van der Waals surface area contributed by atoms with E-state index in [1.54, 1.807) is 38.1 Å². The monoisotopic (exact) mass is 483 g/mol. The minimum Gasteiger partial charge on any atom is -0.399 e. The molecule has 9 nitrogen and oxygen atoms in total. The fourth-order valence-electron chi connectivity index (χ4n) is 3.94. The molecule has 0 saturated heterocycles. The number of alkyl halides is 3. The maximum absolute atomic E-state index is 13.4. The third-order valence-electron chi connectivity index (χ3n) is 5.57. The Morgan fingerprint density at radius 2 is 1.77 bits per heavy atom. The number of primary amides is 1. The largest absolute Gasteiger partial charge is 0.416 e. The van der Waals surface area contributed by atoms with Gasteiger partial charge in [-0.25, -0.2) is 0 Å². The standard InChI is InChI=1S/C23H20F3N7O2/c1-12(14-8-15(23(24,25)26)10-16(27)9-14)21-19(22(28)35)6-7-20(34)32(21)17-4-3-5-18(11-17)33-13(2)29-30-31-33/h3-12H,27H2,1-2H3,(H2,28,35)/t12-/m1/s1. The summed E-state index contributed by atoms with van der Waals surface area (Å²) in [6.07, 6.45) is -4.63. The topological polar surface area (TPSA) is 135 Å². The Bertz CT molecular complexity index is 1490. The van der Waals surface area contributed by atoms with E-state index in [4.69, 9.17) is 11.5 Å². The van der Waals surface area contributed by atoms with Gasteiger partial charge in [0.05, 0.1) is 22.5 Å². The molecule has 0 aliphatic heterocycles. The van der Waals surface area contributed by atoms with Crippen LogP contribution in [0.1, 0.15) is 45.8 Å². The van der Waals surface area contributed by atoms with Crippen LogP contribution in [0.4, 0.5) is 18.9 Å². The summed E-state index contributed by atoms with van der Waals surface area (Å²) in [6.45, 7) is 3.26. The minimum absolute atomic E-state index is 0.0166. The Labute approximate surface area is 196 Å². The number of nitrogen functional groups attached to an aromatic ring is 1. The summed E-state index contributed by atoms with van der Waals surface area (Å²) in [6, 6.07) is 12.2. The number of nitrogens with two attached hydrogens (primary N) is 2. The third kappa shape index (κ3) is 4.50. The van der Waals surface area contributed by atoms with Crippen LogP contribution in [0.5, 0.6) is 0 Å². The normalized spacial score (nSPS) is 12.5. The summed E-state index contributed by atoms with van der Waals surface area (Å²) in [5.74, 6) is -1.21. The molecule has 0 aliphatic carbocycles. The predicted molar refractivity (Wildman–Crippen MR) is 121 cm³/mol. The van der Waals surface area contributed by atoms with Gasteiger partial charge in [0.25, 0.3) is 11.5 Å². The molecule has 0 radical (unpaired) electrons. The van der Waals surface area contributed by atoms with E-state index in [0.29, 0.717) is 17.2 Å². The van der Waals surface area contributed by atoms with E-state index in [9.17, 15) is 22.8 Å². The molecule has 0 unspecified atom stereocenters. The summed E-state index contributed by atoms with van der Waals surface area (Å²) in [7, 11) is 0. The molecule has 1 atom stereocenters. The van der Waals surface area contributed by atoms with Crippen LogP contribution in [0.15, 0.2) is 59.4 Å². The van der Waals surface area contributed by atoms with Crippen LogP contribution in [0.2, 0.25) is 0 Å². The zero-order chi connectivity index (χ0) is 25.5. The van der Waals surface area contributed by atoms with Crippen molar-refractivity contribution in [2.45, 2.75) is 25.9 Å². The van der Waals surface area contributed by atoms with Crippen molar-refractivity contribution in [3.05, 3.63) is 93.2 Å². The van der Waals surface area contributed by atoms with Crippen molar-refractivity contribution in [1.29, 1.82) is 0 Å². The first-order valence-electron chi connectivity index (χ1n) is 10.4. The Morgan fingerprint density at radius 3 is 2.40 bits per heavy atom. The van der Waals surface area contributed by atoms with Gasteiger partial charge < -0.3 is 11.5 Å². The number of carbonyl (C=O) groups is 1. The molecule has 0 bridgehead atoms. The molecule has 0 fully saturated rings. The Kier molecular flexibility index (Phi) is 5.89. The molecule has 2 heterocycles. The minimum atomic E-state index is -4.63. The number of pyridine rings is 1. The number of aryl methyl sites for hydroxylation is 1. The van der Waals surface area contributed by atoms with Crippen LogP contribution in [0.25, 0.3) is 11.4 Å². The number of amides is 1. The number of carbonyl (C=O) groups excluding carboxylic acids is 1. The first-order chi connectivity index (χ1) is 16.5. The van der Waals surface area contributed by atoms with Crippen LogP contribution in [0, 0.1) is 6.92 Å². The van der Waals surface area contributed by atoms with Crippen LogP contribution in [0.3, 0.4) is 0 Å². The van der Waals surface area contributed by atoms with E-state index >= 15 is 0 Å². The summed E-state index contributed by atoms with van der Waals surface area (Å²) < 4.78 is 43.0. The predicted octanol–water partition coefficient (Wildman–Crippen LogP) is 2.97. The molecule has 1 amide bonds. The number of halogens is 3. The van der Waals surface area contributed by atoms with E-state index in [-0.39, 0.29) is 22.5 Å². The first kappa shape index (κ1) is 23.7. The molecule has 35 heavy (non-hydrogen) atoms. The maximum atomic E-state index is 13.4. The lowest BCUT2D eigenvalue weighted by atomic mass is 9.91. The first-order valence-corrected chi connectivity index (χ1v) is 10.4. The number of anilines is 1. The van der Waals surface area contributed by atoms with Gasteiger partial charge in [-0.05, 0) is 65.4 Å². The molecule has 2 aromatic heterocycles. The number of aromatic nitrogens is 5. The molecular formula is C23H20F3N7O2. The highest BCUT2D eigenvalue weighted by atomic mass is 19.4. The number of tetrazole rings is 1. The van der Waals surface area contributed by atoms with E-state index in [1.165, 1.54) is 27.4 Å². The van der Waals surface area contributed by atoms with Gasteiger partial charge in [0.2, 0.25) is 0 Å². The Balaban J connectivity index is 1.97. The van der Waals surface area contributed by atoms with Gasteiger partial charge in [0.15, 0.2) is 5.82 Å². The molecule has 0 spiro atoms. The molecule has 2 aromatic carbocycles. The van der Waals surface area contributed by atoms with Crippen molar-refractivity contribution in [1.82, 2.24) is 24.8 Å². The number of nitrogens with zero attached hydrogens (tertiary/aromatic N) is 5. The van der Waals surface area contributed by atoms with Crippen LogP contribution in [-0.2, 0) is 6.18 Å². The quantitative estimate of drug-likeness (QED) is 0.419. The summed E-state index contributed by atoms with van der Waals surface area (Å²) in [5.41, 5.74) is 10.9. The Morgan fingerprint density at radius 1 is 1.06 bits per heavy atom. The SMILES string of the molecule is Cc1nnnn1-c1cccc(-n2c([C@H](C)c3cc(N)cc(C(F)(F)F)c3)c(C(N)=O)ccc2=O)c1. The number of benzene rings is 2. The fraction of sp³-hybridized carbons (Fsp3) is 0.174. The molecule has 0 aliphatic rings. The number of hydrogen-bond acceptors (Lipinski definition) is 6. The lowest BCUT2D eigenvalue weighted by molar-refractivity contribution is -0.137. The van der Waals surface area contributed by atoms with Crippen molar-refractivity contribution >= 4 is 11.6 Å². The lowest BCUT2D eigenvalue weighted by Crippen LogP contribution is -2.28. The second-order valence-corrected chi connectivity index (χ2v) is 7.94. The summed E-state index contributed by atoms with van der Waals surface area (Å²) in [5, 5.41) is 11.4. The van der Waals surface area contributed by atoms with Gasteiger partial charge >= 0.3 is 6.18 Å². The average molecular weight is 483 g/mol. The highest BCUT2D eigenvalue weighted by Crippen LogP contribution is 2.35. The summed E-state index contributed by atoms with van der Waals surface area (Å²) >= 11 is 0. The molecule has 180 valence electrons. The molecule has 12 heteroatoms. The molecular weight excluding hydrogens is 463 g/mol. The van der Waals surface area contributed by atoms with Crippen LogP contribution < -0.4 is 17.0 Å². The Hall–Kier alpha value is -4.48.